The van der Waals surface area contributed by atoms with Gasteiger partial charge in [-0.2, -0.15) is 0 Å². The van der Waals surface area contributed by atoms with Crippen molar-refractivity contribution in [2.24, 2.45) is 5.92 Å². The van der Waals surface area contributed by atoms with Crippen molar-refractivity contribution < 1.29 is 18.3 Å². The monoisotopic (exact) mass is 265 g/mol. The molecule has 2 unspecified atom stereocenters. The van der Waals surface area contributed by atoms with Gasteiger partial charge in [0.05, 0.1) is 18.0 Å². The number of hydrogen-bond donors (Lipinski definition) is 2. The molecule has 0 heterocycles. The molecule has 1 aliphatic carbocycles. The highest BCUT2D eigenvalue weighted by Crippen LogP contribution is 2.31. The topological polar surface area (TPSA) is 75.6 Å². The summed E-state index contributed by atoms with van der Waals surface area (Å²) in [4.78, 5) is 0. The largest absolute Gasteiger partial charge is 0.389 e. The molecule has 1 aliphatic rings. The third kappa shape index (κ3) is 5.33. The second-order valence-corrected chi connectivity index (χ2v) is 6.99. The average molecular weight is 265 g/mol. The Hall–Kier alpha value is -0.170. The van der Waals surface area contributed by atoms with Gasteiger partial charge in [-0.1, -0.05) is 19.8 Å². The van der Waals surface area contributed by atoms with Crippen molar-refractivity contribution in [2.45, 2.75) is 38.2 Å². The minimum absolute atomic E-state index is 0.0604. The van der Waals surface area contributed by atoms with Crippen LogP contribution in [0.3, 0.4) is 0 Å². The molecule has 1 rings (SSSR count). The highest BCUT2D eigenvalue weighted by Gasteiger charge is 2.33. The lowest BCUT2D eigenvalue weighted by atomic mass is 9.79. The van der Waals surface area contributed by atoms with Gasteiger partial charge in [0.2, 0.25) is 10.0 Å². The molecule has 5 nitrogen and oxygen atoms in total. The fourth-order valence-electron chi connectivity index (χ4n) is 2.30. The quantitative estimate of drug-likeness (QED) is 0.733. The van der Waals surface area contributed by atoms with E-state index in [1.807, 2.05) is 0 Å². The van der Waals surface area contributed by atoms with Crippen molar-refractivity contribution in [1.29, 1.82) is 0 Å². The molecular formula is C11H23NO4S. The van der Waals surface area contributed by atoms with E-state index in [1.54, 1.807) is 0 Å². The second-order valence-electron chi connectivity index (χ2n) is 5.06. The van der Waals surface area contributed by atoms with Crippen LogP contribution in [-0.2, 0) is 14.8 Å². The lowest BCUT2D eigenvalue weighted by Gasteiger charge is -2.35. The summed E-state index contributed by atoms with van der Waals surface area (Å²) >= 11 is 0. The molecule has 0 bridgehead atoms. The van der Waals surface area contributed by atoms with Gasteiger partial charge in [-0.25, -0.2) is 13.1 Å². The van der Waals surface area contributed by atoms with Gasteiger partial charge in [0.25, 0.3) is 0 Å². The van der Waals surface area contributed by atoms with Crippen LogP contribution in [0, 0.1) is 5.92 Å². The van der Waals surface area contributed by atoms with Crippen molar-refractivity contribution in [1.82, 2.24) is 4.72 Å². The maximum atomic E-state index is 11.6. The lowest BCUT2D eigenvalue weighted by molar-refractivity contribution is -0.00754. The Bertz CT molecular complexity index is 330. The minimum atomic E-state index is -3.33. The fourth-order valence-corrected chi connectivity index (χ4v) is 3.32. The van der Waals surface area contributed by atoms with E-state index in [2.05, 4.69) is 11.6 Å². The Kier molecular flexibility index (Phi) is 5.37. The van der Waals surface area contributed by atoms with Crippen molar-refractivity contribution in [3.8, 4) is 0 Å². The summed E-state index contributed by atoms with van der Waals surface area (Å²) in [5.41, 5.74) is -0.877. The van der Waals surface area contributed by atoms with E-state index in [4.69, 9.17) is 4.74 Å². The van der Waals surface area contributed by atoms with Crippen LogP contribution in [0.1, 0.15) is 32.6 Å². The Morgan fingerprint density at radius 1 is 1.53 bits per heavy atom. The van der Waals surface area contributed by atoms with Gasteiger partial charge >= 0.3 is 0 Å². The SMILES string of the molecule is COCCS(=O)(=O)NCC1(O)CCCC(C)C1. The highest BCUT2D eigenvalue weighted by molar-refractivity contribution is 7.89. The molecule has 6 heteroatoms. The van der Waals surface area contributed by atoms with Crippen molar-refractivity contribution in [3.05, 3.63) is 0 Å². The zero-order valence-corrected chi connectivity index (χ0v) is 11.4. The minimum Gasteiger partial charge on any atom is -0.389 e. The van der Waals surface area contributed by atoms with E-state index < -0.39 is 15.6 Å². The molecule has 2 atom stereocenters. The predicted molar refractivity (Wildman–Crippen MR) is 66.2 cm³/mol. The Labute approximate surface area is 104 Å². The molecule has 0 aromatic heterocycles. The molecule has 0 amide bonds. The van der Waals surface area contributed by atoms with Crippen molar-refractivity contribution in [2.75, 3.05) is 26.0 Å². The Morgan fingerprint density at radius 2 is 2.24 bits per heavy atom. The first kappa shape index (κ1) is 14.9. The summed E-state index contributed by atoms with van der Waals surface area (Å²) in [7, 11) is -1.87. The molecule has 0 spiro atoms. The predicted octanol–water partition coefficient (Wildman–Crippen LogP) is 0.493. The van der Waals surface area contributed by atoms with Crippen LogP contribution < -0.4 is 4.72 Å². The fraction of sp³-hybridized carbons (Fsp3) is 1.00. The van der Waals surface area contributed by atoms with E-state index >= 15 is 0 Å². The van der Waals surface area contributed by atoms with Gasteiger partial charge in [0.15, 0.2) is 0 Å². The molecule has 1 fully saturated rings. The molecular weight excluding hydrogens is 242 g/mol. The van der Waals surface area contributed by atoms with E-state index in [-0.39, 0.29) is 18.9 Å². The van der Waals surface area contributed by atoms with Gasteiger partial charge in [0.1, 0.15) is 0 Å². The van der Waals surface area contributed by atoms with Crippen LogP contribution in [0.2, 0.25) is 0 Å². The smallest absolute Gasteiger partial charge is 0.213 e. The average Bonchev–Trinajstić information content (AvgIpc) is 2.24. The molecule has 2 N–H and O–H groups in total. The number of methoxy groups -OCH3 is 1. The molecule has 0 aromatic carbocycles. The van der Waals surface area contributed by atoms with Gasteiger partial charge < -0.3 is 9.84 Å². The summed E-state index contributed by atoms with van der Waals surface area (Å²) in [6.07, 6.45) is 3.40. The second kappa shape index (κ2) is 6.13. The first-order valence-corrected chi connectivity index (χ1v) is 7.71. The standard InChI is InChI=1S/C11H23NO4S/c1-10-4-3-5-11(13,8-10)9-12-17(14,15)7-6-16-2/h10,12-13H,3-9H2,1-2H3. The zero-order chi connectivity index (χ0) is 12.9. The summed E-state index contributed by atoms with van der Waals surface area (Å²) in [5.74, 6) is 0.395. The van der Waals surface area contributed by atoms with Gasteiger partial charge in [-0.3, -0.25) is 0 Å². The van der Waals surface area contributed by atoms with E-state index in [9.17, 15) is 13.5 Å². The van der Waals surface area contributed by atoms with Crippen molar-refractivity contribution in [3.63, 3.8) is 0 Å². The number of aliphatic hydroxyl groups is 1. The van der Waals surface area contributed by atoms with Gasteiger partial charge in [-0.05, 0) is 18.8 Å². The maximum Gasteiger partial charge on any atom is 0.213 e. The summed E-state index contributed by atoms with van der Waals surface area (Å²) in [6.45, 7) is 2.37. The normalized spacial score (nSPS) is 30.4. The molecule has 102 valence electrons. The number of sulfonamides is 1. The first-order valence-electron chi connectivity index (χ1n) is 6.05. The molecule has 0 saturated heterocycles. The van der Waals surface area contributed by atoms with E-state index in [1.165, 1.54) is 7.11 Å². The Morgan fingerprint density at radius 3 is 2.82 bits per heavy atom. The van der Waals surface area contributed by atoms with E-state index in [0.717, 1.165) is 12.8 Å². The van der Waals surface area contributed by atoms with Crippen LogP contribution in [0.4, 0.5) is 0 Å². The van der Waals surface area contributed by atoms with Gasteiger partial charge in [-0.15, -0.1) is 0 Å². The first-order chi connectivity index (χ1) is 7.87. The van der Waals surface area contributed by atoms with Gasteiger partial charge in [0, 0.05) is 13.7 Å². The van der Waals surface area contributed by atoms with Crippen LogP contribution in [0.15, 0.2) is 0 Å². The number of hydrogen-bond acceptors (Lipinski definition) is 4. The number of ether oxygens (including phenoxy) is 1. The third-order valence-electron chi connectivity index (χ3n) is 3.24. The van der Waals surface area contributed by atoms with Crippen LogP contribution in [0.25, 0.3) is 0 Å². The molecule has 0 aromatic rings. The van der Waals surface area contributed by atoms with Crippen LogP contribution >= 0.6 is 0 Å². The summed E-state index contributed by atoms with van der Waals surface area (Å²) in [5, 5.41) is 10.3. The zero-order valence-electron chi connectivity index (χ0n) is 10.6. The summed E-state index contributed by atoms with van der Waals surface area (Å²) in [6, 6.07) is 0. The summed E-state index contributed by atoms with van der Waals surface area (Å²) < 4.78 is 30.3. The maximum absolute atomic E-state index is 11.6. The third-order valence-corrected chi connectivity index (χ3v) is 4.53. The van der Waals surface area contributed by atoms with Crippen LogP contribution in [0.5, 0.6) is 0 Å². The molecule has 17 heavy (non-hydrogen) atoms. The van der Waals surface area contributed by atoms with Crippen LogP contribution in [-0.4, -0.2) is 45.1 Å². The molecule has 0 aliphatic heterocycles. The van der Waals surface area contributed by atoms with E-state index in [0.29, 0.717) is 18.8 Å². The molecule has 1 saturated carbocycles. The lowest BCUT2D eigenvalue weighted by Crippen LogP contribution is -2.46. The number of nitrogens with one attached hydrogen (secondary N) is 1. The number of rotatable bonds is 6. The molecule has 0 radical (unpaired) electrons. The Balaban J connectivity index is 2.43. The highest BCUT2D eigenvalue weighted by atomic mass is 32.2. The van der Waals surface area contributed by atoms with Crippen molar-refractivity contribution >= 4 is 10.0 Å².